The van der Waals surface area contributed by atoms with Gasteiger partial charge in [-0.05, 0) is 73.6 Å². The minimum absolute atomic E-state index is 0.0990. The maximum atomic E-state index is 13.2. The zero-order valence-electron chi connectivity index (χ0n) is 19.2. The van der Waals surface area contributed by atoms with Gasteiger partial charge in [-0.25, -0.2) is 0 Å². The Balaban J connectivity index is 1.38. The molecule has 0 aliphatic heterocycles. The number of phenolic OH excluding ortho intramolecular Hbond substituents is 1. The number of carbonyl (C=O) groups excluding carboxylic acids is 2. The molecule has 178 valence electrons. The number of anilines is 1. The molecule has 1 aromatic carbocycles. The molecule has 9 heteroatoms. The third-order valence-corrected chi connectivity index (χ3v) is 7.26. The average Bonchev–Trinajstić information content (AvgIpc) is 3.48. The van der Waals surface area contributed by atoms with Crippen LogP contribution in [-0.4, -0.2) is 32.1 Å². The fourth-order valence-corrected chi connectivity index (χ4v) is 5.55. The SMILES string of the molecule is Cc1ccc(-c2cc(C(=O)Nc3sc4c(c3C(=O)NCc3cccnc3)CCCC4)[nH]n2)c(O)c1. The van der Waals surface area contributed by atoms with Gasteiger partial charge >= 0.3 is 0 Å². The first-order valence-electron chi connectivity index (χ1n) is 11.5. The van der Waals surface area contributed by atoms with Gasteiger partial charge in [0.1, 0.15) is 16.4 Å². The lowest BCUT2D eigenvalue weighted by molar-refractivity contribution is 0.0951. The smallest absolute Gasteiger partial charge is 0.274 e. The molecular formula is C26H25N5O3S. The monoisotopic (exact) mass is 487 g/mol. The van der Waals surface area contributed by atoms with Gasteiger partial charge in [-0.2, -0.15) is 5.10 Å². The summed E-state index contributed by atoms with van der Waals surface area (Å²) in [5, 5.41) is 23.6. The lowest BCUT2D eigenvalue weighted by atomic mass is 9.95. The number of aromatic nitrogens is 3. The predicted octanol–water partition coefficient (Wildman–Crippen LogP) is 4.61. The van der Waals surface area contributed by atoms with Crippen molar-refractivity contribution in [3.63, 3.8) is 0 Å². The summed E-state index contributed by atoms with van der Waals surface area (Å²) in [4.78, 5) is 31.5. The van der Waals surface area contributed by atoms with Crippen LogP contribution in [0.25, 0.3) is 11.3 Å². The number of H-pyrrole nitrogens is 1. The van der Waals surface area contributed by atoms with E-state index in [4.69, 9.17) is 0 Å². The van der Waals surface area contributed by atoms with E-state index in [0.29, 0.717) is 28.4 Å². The van der Waals surface area contributed by atoms with E-state index in [2.05, 4.69) is 25.8 Å². The van der Waals surface area contributed by atoms with Gasteiger partial charge in [-0.3, -0.25) is 19.7 Å². The van der Waals surface area contributed by atoms with Crippen LogP contribution in [0.2, 0.25) is 0 Å². The number of fused-ring (bicyclic) bond motifs is 1. The summed E-state index contributed by atoms with van der Waals surface area (Å²) in [5.74, 6) is -0.504. The highest BCUT2D eigenvalue weighted by molar-refractivity contribution is 7.17. The number of thiophene rings is 1. The largest absolute Gasteiger partial charge is 0.507 e. The van der Waals surface area contributed by atoms with Crippen LogP contribution in [0.1, 0.15) is 55.3 Å². The Morgan fingerprint density at radius 1 is 1.14 bits per heavy atom. The minimum Gasteiger partial charge on any atom is -0.507 e. The lowest BCUT2D eigenvalue weighted by Gasteiger charge is -2.13. The number of benzene rings is 1. The molecule has 0 saturated heterocycles. The topological polar surface area (TPSA) is 120 Å². The van der Waals surface area contributed by atoms with Gasteiger partial charge in [0.05, 0.1) is 11.3 Å². The summed E-state index contributed by atoms with van der Waals surface area (Å²) in [6, 6.07) is 10.6. The van der Waals surface area contributed by atoms with Crippen molar-refractivity contribution in [2.75, 3.05) is 5.32 Å². The highest BCUT2D eigenvalue weighted by Crippen LogP contribution is 2.38. The maximum Gasteiger partial charge on any atom is 0.274 e. The summed E-state index contributed by atoms with van der Waals surface area (Å²) < 4.78 is 0. The van der Waals surface area contributed by atoms with Gasteiger partial charge in [0.2, 0.25) is 0 Å². The average molecular weight is 488 g/mol. The second-order valence-corrected chi connectivity index (χ2v) is 9.71. The number of pyridine rings is 1. The van der Waals surface area contributed by atoms with E-state index in [1.807, 2.05) is 25.1 Å². The Hall–Kier alpha value is -3.98. The van der Waals surface area contributed by atoms with E-state index in [9.17, 15) is 14.7 Å². The number of aromatic amines is 1. The quantitative estimate of drug-likeness (QED) is 0.317. The molecule has 8 nitrogen and oxygen atoms in total. The van der Waals surface area contributed by atoms with Crippen LogP contribution in [0.5, 0.6) is 5.75 Å². The number of hydrogen-bond donors (Lipinski definition) is 4. The number of nitrogens with one attached hydrogen (secondary N) is 3. The van der Waals surface area contributed by atoms with E-state index in [1.165, 1.54) is 11.3 Å². The van der Waals surface area contributed by atoms with E-state index < -0.39 is 5.91 Å². The summed E-state index contributed by atoms with van der Waals surface area (Å²) in [5.41, 5.74) is 4.64. The van der Waals surface area contributed by atoms with Crippen molar-refractivity contribution in [3.05, 3.63) is 81.6 Å². The van der Waals surface area contributed by atoms with Gasteiger partial charge in [-0.1, -0.05) is 12.1 Å². The molecule has 4 aromatic rings. The highest BCUT2D eigenvalue weighted by atomic mass is 32.1. The summed E-state index contributed by atoms with van der Waals surface area (Å²) in [7, 11) is 0. The van der Waals surface area contributed by atoms with E-state index in [1.54, 1.807) is 30.6 Å². The first-order valence-corrected chi connectivity index (χ1v) is 12.3. The molecule has 0 spiro atoms. The number of amides is 2. The van der Waals surface area contributed by atoms with Crippen LogP contribution in [-0.2, 0) is 19.4 Å². The van der Waals surface area contributed by atoms with Crippen molar-refractivity contribution < 1.29 is 14.7 Å². The second kappa shape index (κ2) is 9.71. The number of rotatable bonds is 6. The van der Waals surface area contributed by atoms with Crippen molar-refractivity contribution in [2.45, 2.75) is 39.2 Å². The first kappa shape index (κ1) is 22.8. The standard InChI is InChI=1S/C26H25N5O3S/c1-15-8-9-17(21(32)11-15)19-12-20(31-30-19)24(33)29-26-23(18-6-2-3-7-22(18)35-26)25(34)28-14-16-5-4-10-27-13-16/h4-5,8-13,32H,2-3,6-7,14H2,1H3,(H,28,34)(H,29,33)(H,30,31). The van der Waals surface area contributed by atoms with Crippen LogP contribution in [0.3, 0.4) is 0 Å². The molecule has 3 heterocycles. The Morgan fingerprint density at radius 3 is 2.80 bits per heavy atom. The summed E-state index contributed by atoms with van der Waals surface area (Å²) in [6.07, 6.45) is 7.21. The normalized spacial score (nSPS) is 12.7. The molecule has 2 amide bonds. The molecule has 0 unspecified atom stereocenters. The molecule has 0 bridgehead atoms. The molecule has 0 atom stereocenters. The molecule has 35 heavy (non-hydrogen) atoms. The Morgan fingerprint density at radius 2 is 2.00 bits per heavy atom. The van der Waals surface area contributed by atoms with Crippen molar-refractivity contribution in [2.24, 2.45) is 0 Å². The number of phenols is 1. The van der Waals surface area contributed by atoms with E-state index in [-0.39, 0.29) is 17.4 Å². The molecule has 0 saturated carbocycles. The highest BCUT2D eigenvalue weighted by Gasteiger charge is 2.27. The van der Waals surface area contributed by atoms with Crippen molar-refractivity contribution in [1.29, 1.82) is 0 Å². The number of aromatic hydroxyl groups is 1. The van der Waals surface area contributed by atoms with Gasteiger partial charge in [0.15, 0.2) is 0 Å². The molecule has 0 fully saturated rings. The Bertz CT molecular complexity index is 1390. The maximum absolute atomic E-state index is 13.2. The number of nitrogens with zero attached hydrogens (tertiary/aromatic N) is 2. The number of aryl methyl sites for hydroxylation is 2. The van der Waals surface area contributed by atoms with Crippen LogP contribution in [0.4, 0.5) is 5.00 Å². The minimum atomic E-state index is -0.393. The van der Waals surface area contributed by atoms with E-state index >= 15 is 0 Å². The summed E-state index contributed by atoms with van der Waals surface area (Å²) in [6.45, 7) is 2.24. The van der Waals surface area contributed by atoms with Gasteiger partial charge in [0, 0.05) is 29.4 Å². The Kier molecular flexibility index (Phi) is 6.33. The molecule has 5 rings (SSSR count). The molecule has 4 N–H and O–H groups in total. The zero-order chi connectivity index (χ0) is 24.4. The molecule has 1 aliphatic rings. The number of carbonyl (C=O) groups is 2. The summed E-state index contributed by atoms with van der Waals surface area (Å²) >= 11 is 1.46. The van der Waals surface area contributed by atoms with Crippen molar-refractivity contribution in [3.8, 4) is 17.0 Å². The third-order valence-electron chi connectivity index (χ3n) is 6.05. The van der Waals surface area contributed by atoms with Gasteiger partial charge in [-0.15, -0.1) is 11.3 Å². The van der Waals surface area contributed by atoms with Crippen LogP contribution in [0.15, 0.2) is 48.8 Å². The first-order chi connectivity index (χ1) is 17.0. The molecular weight excluding hydrogens is 462 g/mol. The van der Waals surface area contributed by atoms with Gasteiger partial charge in [0.25, 0.3) is 11.8 Å². The van der Waals surface area contributed by atoms with Crippen LogP contribution < -0.4 is 10.6 Å². The van der Waals surface area contributed by atoms with Crippen molar-refractivity contribution in [1.82, 2.24) is 20.5 Å². The molecule has 1 aliphatic carbocycles. The van der Waals surface area contributed by atoms with Crippen LogP contribution in [0, 0.1) is 6.92 Å². The van der Waals surface area contributed by atoms with Crippen LogP contribution >= 0.6 is 11.3 Å². The van der Waals surface area contributed by atoms with Crippen molar-refractivity contribution >= 4 is 28.2 Å². The fraction of sp³-hybridized carbons (Fsp3) is 0.231. The third kappa shape index (κ3) is 4.81. The molecule has 3 aromatic heterocycles. The molecule has 0 radical (unpaired) electrons. The number of hydrogen-bond acceptors (Lipinski definition) is 6. The zero-order valence-corrected chi connectivity index (χ0v) is 20.0. The lowest BCUT2D eigenvalue weighted by Crippen LogP contribution is -2.25. The second-order valence-electron chi connectivity index (χ2n) is 8.60. The van der Waals surface area contributed by atoms with E-state index in [0.717, 1.165) is 47.3 Å². The fourth-order valence-electron chi connectivity index (χ4n) is 4.27. The van der Waals surface area contributed by atoms with Gasteiger partial charge < -0.3 is 15.7 Å². The predicted molar refractivity (Wildman–Crippen MR) is 135 cm³/mol. The Labute approximate surface area is 206 Å².